The summed E-state index contributed by atoms with van der Waals surface area (Å²) in [5.74, 6) is 1.74. The van der Waals surface area contributed by atoms with E-state index in [1.165, 1.54) is 6.20 Å². The molecule has 1 aliphatic rings. The minimum atomic E-state index is 0.389. The molecular weight excluding hydrogens is 304 g/mol. The number of halogens is 1. The third kappa shape index (κ3) is 3.33. The van der Waals surface area contributed by atoms with Gasteiger partial charge in [0.1, 0.15) is 17.4 Å². The zero-order valence-corrected chi connectivity index (χ0v) is 13.0. The van der Waals surface area contributed by atoms with Gasteiger partial charge in [-0.2, -0.15) is 4.98 Å². The summed E-state index contributed by atoms with van der Waals surface area (Å²) < 4.78 is 11.0. The molecular formula is C15H17ClN4O2. The second kappa shape index (κ2) is 6.70. The number of hydrogen-bond acceptors (Lipinski definition) is 6. The first kappa shape index (κ1) is 14.7. The van der Waals surface area contributed by atoms with E-state index in [1.54, 1.807) is 0 Å². The predicted octanol–water partition coefficient (Wildman–Crippen LogP) is 2.95. The van der Waals surface area contributed by atoms with E-state index in [2.05, 4.69) is 20.6 Å². The quantitative estimate of drug-likeness (QED) is 0.883. The lowest BCUT2D eigenvalue weighted by atomic mass is 10.1. The molecule has 6 nitrogen and oxygen atoms in total. The number of rotatable bonds is 5. The molecule has 1 aliphatic heterocycles. The average Bonchev–Trinajstić information content (AvgIpc) is 2.55. The van der Waals surface area contributed by atoms with Crippen LogP contribution in [-0.2, 0) is 6.54 Å². The second-order valence-corrected chi connectivity index (χ2v) is 5.15. The molecule has 2 heterocycles. The lowest BCUT2D eigenvalue weighted by molar-refractivity contribution is 0.323. The second-order valence-electron chi connectivity index (χ2n) is 4.74. The Morgan fingerprint density at radius 1 is 1.45 bits per heavy atom. The van der Waals surface area contributed by atoms with Crippen molar-refractivity contribution in [3.05, 3.63) is 35.0 Å². The van der Waals surface area contributed by atoms with Crippen LogP contribution < -0.4 is 20.1 Å². The summed E-state index contributed by atoms with van der Waals surface area (Å²) in [5.41, 5.74) is 2.11. The van der Waals surface area contributed by atoms with Gasteiger partial charge in [-0.1, -0.05) is 17.7 Å². The van der Waals surface area contributed by atoms with E-state index in [4.69, 9.17) is 21.1 Å². The summed E-state index contributed by atoms with van der Waals surface area (Å²) in [6.07, 6.45) is 1.53. The first-order valence-corrected chi connectivity index (χ1v) is 7.53. The number of benzene rings is 1. The topological polar surface area (TPSA) is 68.3 Å². The van der Waals surface area contributed by atoms with Crippen molar-refractivity contribution < 1.29 is 9.47 Å². The van der Waals surface area contributed by atoms with Gasteiger partial charge in [0.05, 0.1) is 18.5 Å². The number of anilines is 2. The van der Waals surface area contributed by atoms with Crippen LogP contribution in [0.25, 0.3) is 0 Å². The van der Waals surface area contributed by atoms with Crippen LogP contribution in [0.2, 0.25) is 5.02 Å². The molecule has 0 spiro atoms. The summed E-state index contributed by atoms with van der Waals surface area (Å²) in [5, 5.41) is 6.85. The van der Waals surface area contributed by atoms with Crippen LogP contribution in [0.4, 0.5) is 11.6 Å². The van der Waals surface area contributed by atoms with E-state index in [0.29, 0.717) is 36.6 Å². The van der Waals surface area contributed by atoms with Gasteiger partial charge in [0.25, 0.3) is 0 Å². The van der Waals surface area contributed by atoms with Gasteiger partial charge in [0.2, 0.25) is 11.8 Å². The Morgan fingerprint density at radius 3 is 3.23 bits per heavy atom. The van der Waals surface area contributed by atoms with E-state index in [-0.39, 0.29) is 0 Å². The van der Waals surface area contributed by atoms with Crippen molar-refractivity contribution in [2.45, 2.75) is 13.5 Å². The zero-order chi connectivity index (χ0) is 15.4. The van der Waals surface area contributed by atoms with Gasteiger partial charge in [0.15, 0.2) is 0 Å². The molecule has 3 rings (SSSR count). The molecule has 0 unspecified atom stereocenters. The number of nitrogens with zero attached hydrogens (tertiary/aromatic N) is 2. The number of nitrogens with one attached hydrogen (secondary N) is 2. The maximum Gasteiger partial charge on any atom is 0.237 e. The predicted molar refractivity (Wildman–Crippen MR) is 86.0 cm³/mol. The number of hydrogen-bond donors (Lipinski definition) is 2. The van der Waals surface area contributed by atoms with Crippen LogP contribution in [0.5, 0.6) is 11.6 Å². The molecule has 1 aromatic heterocycles. The maximum absolute atomic E-state index is 5.97. The lowest BCUT2D eigenvalue weighted by Crippen LogP contribution is -2.18. The van der Waals surface area contributed by atoms with Crippen molar-refractivity contribution in [2.75, 3.05) is 30.4 Å². The first-order valence-electron chi connectivity index (χ1n) is 7.15. The van der Waals surface area contributed by atoms with Crippen molar-refractivity contribution >= 4 is 23.2 Å². The largest absolute Gasteiger partial charge is 0.490 e. The Labute approximate surface area is 133 Å². The van der Waals surface area contributed by atoms with Crippen molar-refractivity contribution in [2.24, 2.45) is 0 Å². The summed E-state index contributed by atoms with van der Waals surface area (Å²) in [4.78, 5) is 8.39. The third-order valence-corrected chi connectivity index (χ3v) is 3.42. The molecule has 0 saturated heterocycles. The van der Waals surface area contributed by atoms with Gasteiger partial charge in [-0.15, -0.1) is 0 Å². The zero-order valence-electron chi connectivity index (χ0n) is 12.2. The van der Waals surface area contributed by atoms with E-state index in [1.807, 2.05) is 25.1 Å². The fourth-order valence-corrected chi connectivity index (χ4v) is 2.29. The molecule has 0 saturated carbocycles. The lowest BCUT2D eigenvalue weighted by Gasteiger charge is -2.19. The van der Waals surface area contributed by atoms with Gasteiger partial charge in [-0.25, -0.2) is 4.98 Å². The van der Waals surface area contributed by atoms with Crippen molar-refractivity contribution in [1.29, 1.82) is 0 Å². The highest BCUT2D eigenvalue weighted by Crippen LogP contribution is 2.28. The SMILES string of the molecule is CCOc1nc(NCc2ccc3c(c2)OCCN3)ncc1Cl. The molecule has 7 heteroatoms. The molecule has 22 heavy (non-hydrogen) atoms. The van der Waals surface area contributed by atoms with Crippen LogP contribution in [0.3, 0.4) is 0 Å². The third-order valence-electron chi connectivity index (χ3n) is 3.16. The Kier molecular flexibility index (Phi) is 4.48. The highest BCUT2D eigenvalue weighted by molar-refractivity contribution is 6.31. The molecule has 0 amide bonds. The first-order chi connectivity index (χ1) is 10.8. The smallest absolute Gasteiger partial charge is 0.237 e. The number of ether oxygens (including phenoxy) is 2. The van der Waals surface area contributed by atoms with Gasteiger partial charge in [0, 0.05) is 13.1 Å². The summed E-state index contributed by atoms with van der Waals surface area (Å²) >= 11 is 5.97. The van der Waals surface area contributed by atoms with Gasteiger partial charge in [-0.05, 0) is 24.6 Å². The highest BCUT2D eigenvalue weighted by Gasteiger charge is 2.10. The van der Waals surface area contributed by atoms with E-state index >= 15 is 0 Å². The van der Waals surface area contributed by atoms with E-state index < -0.39 is 0 Å². The van der Waals surface area contributed by atoms with Crippen molar-refractivity contribution in [1.82, 2.24) is 9.97 Å². The Bertz CT molecular complexity index is 666. The van der Waals surface area contributed by atoms with Gasteiger partial charge >= 0.3 is 0 Å². The van der Waals surface area contributed by atoms with Crippen molar-refractivity contribution in [3.8, 4) is 11.6 Å². The highest BCUT2D eigenvalue weighted by atomic mass is 35.5. The summed E-state index contributed by atoms with van der Waals surface area (Å²) in [7, 11) is 0. The monoisotopic (exact) mass is 320 g/mol. The molecule has 2 aromatic rings. The maximum atomic E-state index is 5.97. The molecule has 0 fully saturated rings. The van der Waals surface area contributed by atoms with Gasteiger partial charge in [-0.3, -0.25) is 0 Å². The Balaban J connectivity index is 1.68. The molecule has 2 N–H and O–H groups in total. The van der Waals surface area contributed by atoms with E-state index in [0.717, 1.165) is 23.5 Å². The van der Waals surface area contributed by atoms with Crippen LogP contribution >= 0.6 is 11.6 Å². The van der Waals surface area contributed by atoms with Gasteiger partial charge < -0.3 is 20.1 Å². The number of fused-ring (bicyclic) bond motifs is 1. The molecule has 0 radical (unpaired) electrons. The molecule has 1 aromatic carbocycles. The summed E-state index contributed by atoms with van der Waals surface area (Å²) in [6, 6.07) is 6.06. The molecule has 0 bridgehead atoms. The van der Waals surface area contributed by atoms with Crippen molar-refractivity contribution in [3.63, 3.8) is 0 Å². The minimum absolute atomic E-state index is 0.389. The van der Waals surface area contributed by atoms with Crippen LogP contribution in [0.1, 0.15) is 12.5 Å². The van der Waals surface area contributed by atoms with Crippen LogP contribution in [0, 0.1) is 0 Å². The van der Waals surface area contributed by atoms with E-state index in [9.17, 15) is 0 Å². The minimum Gasteiger partial charge on any atom is -0.490 e. The standard InChI is InChI=1S/C15H17ClN4O2/c1-2-21-14-11(16)9-19-15(20-14)18-8-10-3-4-12-13(7-10)22-6-5-17-12/h3-4,7,9,17H,2,5-6,8H2,1H3,(H,18,19,20). The average molecular weight is 321 g/mol. The van der Waals surface area contributed by atoms with Crippen LogP contribution in [-0.4, -0.2) is 29.7 Å². The Morgan fingerprint density at radius 2 is 2.36 bits per heavy atom. The fourth-order valence-electron chi connectivity index (χ4n) is 2.14. The molecule has 0 atom stereocenters. The Hall–Kier alpha value is -2.21. The molecule has 0 aliphatic carbocycles. The number of aromatic nitrogens is 2. The fraction of sp³-hybridized carbons (Fsp3) is 0.333. The molecule has 116 valence electrons. The summed E-state index contributed by atoms with van der Waals surface area (Å²) in [6.45, 7) is 4.49. The normalized spacial score (nSPS) is 12.8. The van der Waals surface area contributed by atoms with Crippen LogP contribution in [0.15, 0.2) is 24.4 Å².